The molecule has 0 radical (unpaired) electrons. The van der Waals surface area contributed by atoms with Crippen LogP contribution in [0.3, 0.4) is 0 Å². The number of para-hydroxylation sites is 2. The number of rotatable bonds is 8. The maximum absolute atomic E-state index is 13.9. The number of carbonyl (C=O) groups excluding carboxylic acids is 1. The Morgan fingerprint density at radius 1 is 0.974 bits per heavy atom. The second-order valence-corrected chi connectivity index (χ2v) is 10.8. The van der Waals surface area contributed by atoms with E-state index in [-0.39, 0.29) is 24.3 Å². The number of carboxylic acids is 1. The van der Waals surface area contributed by atoms with Crippen LogP contribution in [0, 0.1) is 5.92 Å². The lowest BCUT2D eigenvalue weighted by molar-refractivity contribution is -0.0311. The number of anilines is 2. The van der Waals surface area contributed by atoms with E-state index < -0.39 is 11.5 Å². The number of carboxylic acid groups (broad SMARTS) is 1. The molecule has 6 rings (SSSR count). The van der Waals surface area contributed by atoms with Crippen molar-refractivity contribution in [1.29, 1.82) is 0 Å². The Balaban J connectivity index is 1.47. The predicted octanol–water partition coefficient (Wildman–Crippen LogP) is 5.97. The number of hydrogen-bond donors (Lipinski definition) is 2. The number of nitrogens with zero attached hydrogens (tertiary/aromatic N) is 2. The van der Waals surface area contributed by atoms with Gasteiger partial charge >= 0.3 is 12.1 Å². The van der Waals surface area contributed by atoms with Gasteiger partial charge in [-0.2, -0.15) is 0 Å². The molecule has 198 valence electrons. The van der Waals surface area contributed by atoms with Gasteiger partial charge in [-0.1, -0.05) is 48.5 Å². The number of aromatic carboxylic acids is 1. The highest BCUT2D eigenvalue weighted by atomic mass is 16.6. The summed E-state index contributed by atoms with van der Waals surface area (Å²) in [4.78, 5) is 29.3. The fraction of sp³-hybridized carbons (Fsp3) is 0.355. The SMILES string of the molecule is CC(C)(Nc1ccccc1)c1ccccc1N(Cc1ccc(C(=O)O)cc1)C(=O)O[C@H]1CN2CCC1CC2. The third kappa shape index (κ3) is 5.68. The molecule has 3 aliphatic rings. The minimum Gasteiger partial charge on any atom is -0.478 e. The summed E-state index contributed by atoms with van der Waals surface area (Å²) in [6.45, 7) is 7.37. The second-order valence-electron chi connectivity index (χ2n) is 10.8. The van der Waals surface area contributed by atoms with E-state index in [1.807, 2.05) is 54.6 Å². The highest BCUT2D eigenvalue weighted by Crippen LogP contribution is 2.36. The summed E-state index contributed by atoms with van der Waals surface area (Å²) in [5, 5.41) is 12.9. The lowest BCUT2D eigenvalue weighted by Gasteiger charge is -2.44. The summed E-state index contributed by atoms with van der Waals surface area (Å²) >= 11 is 0. The van der Waals surface area contributed by atoms with Crippen LogP contribution in [0.4, 0.5) is 16.2 Å². The summed E-state index contributed by atoms with van der Waals surface area (Å²) < 4.78 is 6.19. The van der Waals surface area contributed by atoms with E-state index in [1.54, 1.807) is 29.2 Å². The quantitative estimate of drug-likeness (QED) is 0.386. The zero-order valence-electron chi connectivity index (χ0n) is 22.0. The van der Waals surface area contributed by atoms with Crippen molar-refractivity contribution in [1.82, 2.24) is 4.90 Å². The van der Waals surface area contributed by atoms with Crippen molar-refractivity contribution in [2.75, 3.05) is 29.9 Å². The molecular formula is C31H35N3O4. The maximum atomic E-state index is 13.9. The molecular weight excluding hydrogens is 478 g/mol. The van der Waals surface area contributed by atoms with Gasteiger partial charge in [0, 0.05) is 17.8 Å². The molecule has 3 aliphatic heterocycles. The van der Waals surface area contributed by atoms with Crippen LogP contribution in [0.2, 0.25) is 0 Å². The van der Waals surface area contributed by atoms with Crippen LogP contribution in [0.15, 0.2) is 78.9 Å². The Labute approximate surface area is 224 Å². The van der Waals surface area contributed by atoms with Crippen molar-refractivity contribution >= 4 is 23.4 Å². The van der Waals surface area contributed by atoms with Crippen LogP contribution < -0.4 is 10.2 Å². The molecule has 7 nitrogen and oxygen atoms in total. The molecule has 0 aromatic heterocycles. The highest BCUT2D eigenvalue weighted by molar-refractivity contribution is 5.90. The number of nitrogens with one attached hydrogen (secondary N) is 1. The second kappa shape index (κ2) is 10.9. The predicted molar refractivity (Wildman–Crippen MR) is 149 cm³/mol. The lowest BCUT2D eigenvalue weighted by atomic mass is 9.86. The Morgan fingerprint density at radius 3 is 2.26 bits per heavy atom. The van der Waals surface area contributed by atoms with Gasteiger partial charge in [0.1, 0.15) is 6.10 Å². The molecule has 0 aliphatic carbocycles. The Morgan fingerprint density at radius 2 is 1.63 bits per heavy atom. The number of fused-ring (bicyclic) bond motifs is 3. The highest BCUT2D eigenvalue weighted by Gasteiger charge is 2.38. The van der Waals surface area contributed by atoms with Gasteiger partial charge in [-0.15, -0.1) is 0 Å². The van der Waals surface area contributed by atoms with Gasteiger partial charge in [0.25, 0.3) is 0 Å². The first kappa shape index (κ1) is 25.8. The van der Waals surface area contributed by atoms with Crippen LogP contribution in [0.5, 0.6) is 0 Å². The topological polar surface area (TPSA) is 82.1 Å². The van der Waals surface area contributed by atoms with Crippen molar-refractivity contribution < 1.29 is 19.4 Å². The Kier molecular flexibility index (Phi) is 7.38. The van der Waals surface area contributed by atoms with Crippen molar-refractivity contribution in [3.63, 3.8) is 0 Å². The van der Waals surface area contributed by atoms with Crippen LogP contribution >= 0.6 is 0 Å². The first-order chi connectivity index (χ1) is 18.3. The van der Waals surface area contributed by atoms with Gasteiger partial charge in [-0.05, 0) is 81.6 Å². The summed E-state index contributed by atoms with van der Waals surface area (Å²) in [6.07, 6.45) is 1.61. The van der Waals surface area contributed by atoms with E-state index in [0.717, 1.165) is 55.0 Å². The van der Waals surface area contributed by atoms with Crippen molar-refractivity contribution in [3.8, 4) is 0 Å². The smallest absolute Gasteiger partial charge is 0.414 e. The number of carbonyl (C=O) groups is 2. The van der Waals surface area contributed by atoms with Crippen LogP contribution in [-0.4, -0.2) is 47.8 Å². The van der Waals surface area contributed by atoms with Gasteiger partial charge in [-0.3, -0.25) is 9.80 Å². The standard InChI is InChI=1S/C31H35N3O4/c1-31(2,32-25-8-4-3-5-9-25)26-10-6-7-11-27(26)34(20-22-12-14-24(15-13-22)29(35)36)30(37)38-28-21-33-18-16-23(28)17-19-33/h3-15,23,28,32H,16-21H2,1-2H3,(H,35,36)/t28-/m0/s1. The summed E-state index contributed by atoms with van der Waals surface area (Å²) in [5.41, 5.74) is 3.23. The van der Waals surface area contributed by atoms with E-state index in [2.05, 4.69) is 24.1 Å². The molecule has 1 amide bonds. The van der Waals surface area contributed by atoms with Crippen LogP contribution in [-0.2, 0) is 16.8 Å². The van der Waals surface area contributed by atoms with E-state index in [9.17, 15) is 14.7 Å². The summed E-state index contributed by atoms with van der Waals surface area (Å²) in [7, 11) is 0. The van der Waals surface area contributed by atoms with E-state index in [4.69, 9.17) is 4.74 Å². The average Bonchev–Trinajstić information content (AvgIpc) is 2.93. The van der Waals surface area contributed by atoms with Crippen LogP contribution in [0.1, 0.15) is 48.2 Å². The van der Waals surface area contributed by atoms with E-state index in [0.29, 0.717) is 5.92 Å². The van der Waals surface area contributed by atoms with Gasteiger partial charge in [0.05, 0.1) is 23.3 Å². The number of amides is 1. The molecule has 0 spiro atoms. The largest absolute Gasteiger partial charge is 0.478 e. The summed E-state index contributed by atoms with van der Waals surface area (Å²) in [6, 6.07) is 24.6. The molecule has 2 N–H and O–H groups in total. The third-order valence-electron chi connectivity index (χ3n) is 7.71. The molecule has 3 fully saturated rings. The van der Waals surface area contributed by atoms with Gasteiger partial charge < -0.3 is 15.2 Å². The van der Waals surface area contributed by atoms with Crippen molar-refractivity contribution in [2.45, 2.75) is 44.9 Å². The average molecular weight is 514 g/mol. The van der Waals surface area contributed by atoms with Gasteiger partial charge in [0.2, 0.25) is 0 Å². The number of piperidine rings is 3. The van der Waals surface area contributed by atoms with Crippen molar-refractivity contribution in [2.24, 2.45) is 5.92 Å². The molecule has 3 saturated heterocycles. The Bertz CT molecular complexity index is 1270. The zero-order valence-corrected chi connectivity index (χ0v) is 22.0. The monoisotopic (exact) mass is 513 g/mol. The minimum atomic E-state index is -0.978. The fourth-order valence-electron chi connectivity index (χ4n) is 5.61. The lowest BCUT2D eigenvalue weighted by Crippen LogP contribution is -2.53. The molecule has 3 aromatic carbocycles. The third-order valence-corrected chi connectivity index (χ3v) is 7.71. The molecule has 0 unspecified atom stereocenters. The van der Waals surface area contributed by atoms with Gasteiger partial charge in [0.15, 0.2) is 0 Å². The summed E-state index contributed by atoms with van der Waals surface area (Å²) in [5.74, 6) is -0.582. The zero-order chi connectivity index (χ0) is 26.7. The molecule has 1 atom stereocenters. The molecule has 0 saturated carbocycles. The normalized spacial score (nSPS) is 20.5. The molecule has 3 heterocycles. The van der Waals surface area contributed by atoms with Crippen molar-refractivity contribution in [3.05, 3.63) is 95.6 Å². The van der Waals surface area contributed by atoms with E-state index >= 15 is 0 Å². The number of hydrogen-bond acceptors (Lipinski definition) is 5. The first-order valence-electron chi connectivity index (χ1n) is 13.3. The molecule has 7 heteroatoms. The first-order valence-corrected chi connectivity index (χ1v) is 13.3. The molecule has 3 aromatic rings. The van der Waals surface area contributed by atoms with E-state index in [1.165, 1.54) is 0 Å². The molecule has 2 bridgehead atoms. The minimum absolute atomic E-state index is 0.121. The fourth-order valence-corrected chi connectivity index (χ4v) is 5.61. The number of benzene rings is 3. The molecule has 38 heavy (non-hydrogen) atoms. The van der Waals surface area contributed by atoms with Crippen LogP contribution in [0.25, 0.3) is 0 Å². The number of ether oxygens (including phenoxy) is 1. The van der Waals surface area contributed by atoms with Gasteiger partial charge in [-0.25, -0.2) is 9.59 Å². The Hall–Kier alpha value is -3.84. The maximum Gasteiger partial charge on any atom is 0.414 e.